The molecule has 3 rings (SSSR count). The van der Waals surface area contributed by atoms with Crippen molar-refractivity contribution in [2.75, 3.05) is 72.2 Å². The first-order valence-corrected chi connectivity index (χ1v) is 11.2. The zero-order chi connectivity index (χ0) is 19.9. The molecule has 3 saturated heterocycles. The molecular weight excluding hydrogens is 354 g/mol. The van der Waals surface area contributed by atoms with Gasteiger partial charge < -0.3 is 20.1 Å². The Labute approximate surface area is 171 Å². The van der Waals surface area contributed by atoms with Gasteiger partial charge in [-0.1, -0.05) is 0 Å². The van der Waals surface area contributed by atoms with E-state index in [1.807, 2.05) is 0 Å². The maximum absolute atomic E-state index is 5.68. The topological polar surface area (TPSA) is 61.4 Å². The van der Waals surface area contributed by atoms with E-state index < -0.39 is 0 Å². The third-order valence-electron chi connectivity index (χ3n) is 6.62. The first kappa shape index (κ1) is 21.8. The van der Waals surface area contributed by atoms with E-state index in [2.05, 4.69) is 41.2 Å². The maximum Gasteiger partial charge on any atom is 0.191 e. The first-order valence-electron chi connectivity index (χ1n) is 11.2. The second kappa shape index (κ2) is 10.2. The van der Waals surface area contributed by atoms with Gasteiger partial charge in [0.15, 0.2) is 5.96 Å². The fourth-order valence-corrected chi connectivity index (χ4v) is 4.68. The fourth-order valence-electron chi connectivity index (χ4n) is 4.68. The van der Waals surface area contributed by atoms with Crippen molar-refractivity contribution in [2.24, 2.45) is 4.99 Å². The van der Waals surface area contributed by atoms with Crippen LogP contribution in [0.2, 0.25) is 0 Å². The number of nitrogens with one attached hydrogen (secondary N) is 2. The minimum atomic E-state index is 0.0391. The zero-order valence-electron chi connectivity index (χ0n) is 18.3. The number of hydrogen-bond acceptors (Lipinski definition) is 5. The molecule has 7 heteroatoms. The Morgan fingerprint density at radius 3 is 2.25 bits per heavy atom. The van der Waals surface area contributed by atoms with Gasteiger partial charge in [0.1, 0.15) is 0 Å². The number of hydrogen-bond donors (Lipinski definition) is 2. The van der Waals surface area contributed by atoms with Crippen molar-refractivity contribution >= 4 is 5.96 Å². The van der Waals surface area contributed by atoms with Crippen LogP contribution in [0.25, 0.3) is 0 Å². The Morgan fingerprint density at radius 1 is 0.964 bits per heavy atom. The van der Waals surface area contributed by atoms with E-state index in [1.165, 1.54) is 25.9 Å². The summed E-state index contributed by atoms with van der Waals surface area (Å²) in [6, 6.07) is 0. The average molecular weight is 396 g/mol. The third-order valence-corrected chi connectivity index (χ3v) is 6.62. The molecule has 0 unspecified atom stereocenters. The Kier molecular flexibility index (Phi) is 7.97. The number of nitrogens with zero attached hydrogens (tertiary/aromatic N) is 3. The molecule has 0 amide bonds. The van der Waals surface area contributed by atoms with Crippen LogP contribution in [-0.2, 0) is 9.47 Å². The summed E-state index contributed by atoms with van der Waals surface area (Å²) in [7, 11) is 0. The van der Waals surface area contributed by atoms with E-state index in [-0.39, 0.29) is 11.1 Å². The summed E-state index contributed by atoms with van der Waals surface area (Å²) in [4.78, 5) is 10.2. The molecule has 3 fully saturated rings. The van der Waals surface area contributed by atoms with Crippen molar-refractivity contribution in [1.82, 2.24) is 20.4 Å². The highest BCUT2D eigenvalue weighted by molar-refractivity contribution is 5.79. The Morgan fingerprint density at radius 2 is 1.61 bits per heavy atom. The smallest absolute Gasteiger partial charge is 0.191 e. The fraction of sp³-hybridized carbons (Fsp3) is 0.952. The normalized spacial score (nSPS) is 25.0. The summed E-state index contributed by atoms with van der Waals surface area (Å²) in [5, 5.41) is 7.13. The van der Waals surface area contributed by atoms with Gasteiger partial charge in [-0.05, 0) is 59.5 Å². The van der Waals surface area contributed by atoms with E-state index in [9.17, 15) is 0 Å². The van der Waals surface area contributed by atoms with Crippen LogP contribution >= 0.6 is 0 Å². The molecule has 0 aliphatic carbocycles. The molecule has 3 heterocycles. The molecule has 28 heavy (non-hydrogen) atoms. The standard InChI is InChI=1S/C21H41N5O2/c1-4-22-19(23-17-20(2,3)25-11-15-28-16-12-25)24-18-21(7-13-27-14-8-21)26-9-5-6-10-26/h4-18H2,1-3H3,(H2,22,23,24). The highest BCUT2D eigenvalue weighted by atomic mass is 16.5. The number of guanidine groups is 1. The molecule has 162 valence electrons. The lowest BCUT2D eigenvalue weighted by molar-refractivity contribution is -0.0164. The van der Waals surface area contributed by atoms with Gasteiger partial charge in [-0.2, -0.15) is 0 Å². The van der Waals surface area contributed by atoms with Gasteiger partial charge in [-0.3, -0.25) is 14.8 Å². The lowest BCUT2D eigenvalue weighted by atomic mass is 9.88. The van der Waals surface area contributed by atoms with Gasteiger partial charge in [0.25, 0.3) is 0 Å². The molecule has 0 aromatic heterocycles. The minimum Gasteiger partial charge on any atom is -0.381 e. The van der Waals surface area contributed by atoms with Crippen LogP contribution < -0.4 is 10.6 Å². The van der Waals surface area contributed by atoms with Crippen LogP contribution in [0.4, 0.5) is 0 Å². The molecule has 7 nitrogen and oxygen atoms in total. The van der Waals surface area contributed by atoms with Gasteiger partial charge in [-0.25, -0.2) is 0 Å². The van der Waals surface area contributed by atoms with Crippen LogP contribution in [0.3, 0.4) is 0 Å². The number of rotatable bonds is 7. The largest absolute Gasteiger partial charge is 0.381 e. The molecule has 0 atom stereocenters. The van der Waals surface area contributed by atoms with E-state index in [0.717, 1.165) is 78.0 Å². The number of morpholine rings is 1. The molecule has 2 N–H and O–H groups in total. The van der Waals surface area contributed by atoms with Gasteiger partial charge in [0.2, 0.25) is 0 Å². The molecule has 0 bridgehead atoms. The highest BCUT2D eigenvalue weighted by Crippen LogP contribution is 2.30. The summed E-state index contributed by atoms with van der Waals surface area (Å²) >= 11 is 0. The Balaban J connectivity index is 1.61. The molecule has 0 spiro atoms. The second-order valence-corrected chi connectivity index (χ2v) is 8.99. The molecular formula is C21H41N5O2. The number of ether oxygens (including phenoxy) is 2. The van der Waals surface area contributed by atoms with E-state index >= 15 is 0 Å². The minimum absolute atomic E-state index is 0.0391. The number of aliphatic imine (C=N–C) groups is 1. The van der Waals surface area contributed by atoms with Crippen molar-refractivity contribution in [1.29, 1.82) is 0 Å². The summed E-state index contributed by atoms with van der Waals surface area (Å²) in [6.45, 7) is 17.1. The van der Waals surface area contributed by atoms with Crippen molar-refractivity contribution in [2.45, 2.75) is 57.5 Å². The van der Waals surface area contributed by atoms with Crippen molar-refractivity contribution in [3.63, 3.8) is 0 Å². The van der Waals surface area contributed by atoms with Crippen LogP contribution in [-0.4, -0.2) is 99.1 Å². The lowest BCUT2D eigenvalue weighted by Crippen LogP contribution is -2.59. The van der Waals surface area contributed by atoms with E-state index in [4.69, 9.17) is 14.5 Å². The average Bonchev–Trinajstić information content (AvgIpc) is 3.27. The predicted molar refractivity (Wildman–Crippen MR) is 114 cm³/mol. The third kappa shape index (κ3) is 5.59. The molecule has 0 aromatic rings. The van der Waals surface area contributed by atoms with Gasteiger partial charge in [-0.15, -0.1) is 0 Å². The van der Waals surface area contributed by atoms with Gasteiger partial charge >= 0.3 is 0 Å². The predicted octanol–water partition coefficient (Wildman–Crippen LogP) is 1.30. The zero-order valence-corrected chi connectivity index (χ0v) is 18.3. The van der Waals surface area contributed by atoms with Gasteiger partial charge in [0, 0.05) is 50.5 Å². The van der Waals surface area contributed by atoms with Crippen LogP contribution in [0.1, 0.15) is 46.5 Å². The molecule has 0 aromatic carbocycles. The Bertz CT molecular complexity index is 493. The molecule has 0 radical (unpaired) electrons. The lowest BCUT2D eigenvalue weighted by Gasteiger charge is -2.45. The molecule has 3 aliphatic heterocycles. The SMILES string of the molecule is CCNC(=NCC(C)(C)N1CCOCC1)NCC1(N2CCCC2)CCOCC1. The van der Waals surface area contributed by atoms with Crippen molar-refractivity contribution in [3.05, 3.63) is 0 Å². The Hall–Kier alpha value is -0.890. The summed E-state index contributed by atoms with van der Waals surface area (Å²) in [5.74, 6) is 0.939. The molecule has 3 aliphatic rings. The highest BCUT2D eigenvalue weighted by Gasteiger charge is 2.39. The van der Waals surface area contributed by atoms with Crippen LogP contribution in [0.5, 0.6) is 0 Å². The monoisotopic (exact) mass is 395 g/mol. The van der Waals surface area contributed by atoms with Crippen molar-refractivity contribution in [3.8, 4) is 0 Å². The van der Waals surface area contributed by atoms with Crippen LogP contribution in [0, 0.1) is 0 Å². The van der Waals surface area contributed by atoms with Gasteiger partial charge in [0.05, 0.1) is 19.8 Å². The van der Waals surface area contributed by atoms with E-state index in [0.29, 0.717) is 0 Å². The first-order chi connectivity index (χ1) is 13.6. The van der Waals surface area contributed by atoms with Crippen molar-refractivity contribution < 1.29 is 9.47 Å². The van der Waals surface area contributed by atoms with Crippen LogP contribution in [0.15, 0.2) is 4.99 Å². The maximum atomic E-state index is 5.68. The number of likely N-dealkylation sites (tertiary alicyclic amines) is 1. The van der Waals surface area contributed by atoms with E-state index in [1.54, 1.807) is 0 Å². The quantitative estimate of drug-likeness (QED) is 0.501. The summed E-state index contributed by atoms with van der Waals surface area (Å²) < 4.78 is 11.2. The second-order valence-electron chi connectivity index (χ2n) is 8.99. The molecule has 0 saturated carbocycles. The summed E-state index contributed by atoms with van der Waals surface area (Å²) in [5.41, 5.74) is 0.252. The summed E-state index contributed by atoms with van der Waals surface area (Å²) in [6.07, 6.45) is 4.87.